The Balaban J connectivity index is 2.24. The predicted molar refractivity (Wildman–Crippen MR) is 72.3 cm³/mol. The van der Waals surface area contributed by atoms with Crippen LogP contribution in [0, 0.1) is 13.8 Å². The van der Waals surface area contributed by atoms with Crippen LogP contribution < -0.4 is 11.1 Å². The lowest BCUT2D eigenvalue weighted by molar-refractivity contribution is 0.868. The van der Waals surface area contributed by atoms with Gasteiger partial charge in [0, 0.05) is 5.56 Å². The molecule has 0 bridgehead atoms. The zero-order valence-electron chi connectivity index (χ0n) is 10.2. The Morgan fingerprint density at radius 3 is 2.76 bits per heavy atom. The van der Waals surface area contributed by atoms with E-state index in [9.17, 15) is 0 Å². The molecule has 17 heavy (non-hydrogen) atoms. The highest BCUT2D eigenvalue weighted by molar-refractivity contribution is 7.07. The standard InChI is InChI=1S/C12H16N4S/c1-7-11(13)15-9(3)16-12(7)14-8(2)10-4-5-17-6-10/h4-6,8H,1-3H3,(H3,13,14,15,16). The van der Waals surface area contributed by atoms with Gasteiger partial charge in [0.15, 0.2) is 0 Å². The van der Waals surface area contributed by atoms with Crippen LogP contribution in [0.5, 0.6) is 0 Å². The Bertz CT molecular complexity index is 507. The smallest absolute Gasteiger partial charge is 0.135 e. The van der Waals surface area contributed by atoms with Crippen LogP contribution in [-0.2, 0) is 0 Å². The van der Waals surface area contributed by atoms with Crippen molar-refractivity contribution in [1.29, 1.82) is 0 Å². The molecule has 2 heterocycles. The van der Waals surface area contributed by atoms with Crippen LogP contribution in [0.15, 0.2) is 16.8 Å². The summed E-state index contributed by atoms with van der Waals surface area (Å²) in [6, 6.07) is 2.32. The van der Waals surface area contributed by atoms with Crippen molar-refractivity contribution in [3.63, 3.8) is 0 Å². The third-order valence-corrected chi connectivity index (χ3v) is 3.39. The first-order valence-corrected chi connectivity index (χ1v) is 6.41. The van der Waals surface area contributed by atoms with E-state index in [-0.39, 0.29) is 6.04 Å². The van der Waals surface area contributed by atoms with Gasteiger partial charge in [0.25, 0.3) is 0 Å². The number of nitrogens with zero attached hydrogens (tertiary/aromatic N) is 2. The molecule has 0 aromatic carbocycles. The van der Waals surface area contributed by atoms with E-state index < -0.39 is 0 Å². The average Bonchev–Trinajstić information content (AvgIpc) is 2.78. The Morgan fingerprint density at radius 2 is 2.12 bits per heavy atom. The number of aromatic nitrogens is 2. The maximum absolute atomic E-state index is 5.83. The Kier molecular flexibility index (Phi) is 3.28. The minimum atomic E-state index is 0.216. The van der Waals surface area contributed by atoms with Gasteiger partial charge < -0.3 is 11.1 Å². The van der Waals surface area contributed by atoms with Crippen molar-refractivity contribution in [3.8, 4) is 0 Å². The molecule has 2 rings (SSSR count). The molecule has 4 nitrogen and oxygen atoms in total. The molecule has 1 unspecified atom stereocenters. The minimum Gasteiger partial charge on any atom is -0.383 e. The topological polar surface area (TPSA) is 63.8 Å². The van der Waals surface area contributed by atoms with E-state index in [1.807, 2.05) is 13.8 Å². The highest BCUT2D eigenvalue weighted by atomic mass is 32.1. The van der Waals surface area contributed by atoms with E-state index in [0.717, 1.165) is 11.4 Å². The first kappa shape index (κ1) is 11.9. The zero-order valence-corrected chi connectivity index (χ0v) is 11.0. The average molecular weight is 248 g/mol. The van der Waals surface area contributed by atoms with Crippen LogP contribution in [0.25, 0.3) is 0 Å². The van der Waals surface area contributed by atoms with Gasteiger partial charge in [0.1, 0.15) is 17.5 Å². The van der Waals surface area contributed by atoms with Gasteiger partial charge in [0.05, 0.1) is 6.04 Å². The van der Waals surface area contributed by atoms with Crippen molar-refractivity contribution in [2.45, 2.75) is 26.8 Å². The van der Waals surface area contributed by atoms with E-state index in [1.54, 1.807) is 11.3 Å². The number of rotatable bonds is 3. The second-order valence-corrected chi connectivity index (χ2v) is 4.83. The molecule has 0 aliphatic carbocycles. The Labute approximate surface area is 105 Å². The fourth-order valence-corrected chi connectivity index (χ4v) is 2.35. The summed E-state index contributed by atoms with van der Waals surface area (Å²) in [6.07, 6.45) is 0. The number of hydrogen-bond donors (Lipinski definition) is 2. The van der Waals surface area contributed by atoms with Gasteiger partial charge in [-0.2, -0.15) is 11.3 Å². The molecule has 0 saturated carbocycles. The summed E-state index contributed by atoms with van der Waals surface area (Å²) in [7, 11) is 0. The molecule has 2 aromatic heterocycles. The summed E-state index contributed by atoms with van der Waals surface area (Å²) >= 11 is 1.69. The Morgan fingerprint density at radius 1 is 1.35 bits per heavy atom. The van der Waals surface area contributed by atoms with Crippen molar-refractivity contribution in [1.82, 2.24) is 9.97 Å². The van der Waals surface area contributed by atoms with E-state index in [2.05, 4.69) is 39.0 Å². The van der Waals surface area contributed by atoms with E-state index in [1.165, 1.54) is 5.56 Å². The van der Waals surface area contributed by atoms with Crippen LogP contribution in [0.2, 0.25) is 0 Å². The molecule has 0 fully saturated rings. The summed E-state index contributed by atoms with van der Waals surface area (Å²) < 4.78 is 0. The molecular formula is C12H16N4S. The van der Waals surface area contributed by atoms with Crippen molar-refractivity contribution < 1.29 is 0 Å². The molecule has 0 aliphatic rings. The summed E-state index contributed by atoms with van der Waals surface area (Å²) in [5.74, 6) is 2.04. The molecule has 3 N–H and O–H groups in total. The summed E-state index contributed by atoms with van der Waals surface area (Å²) in [5, 5.41) is 7.57. The van der Waals surface area contributed by atoms with Crippen molar-refractivity contribution in [2.75, 3.05) is 11.1 Å². The normalized spacial score (nSPS) is 12.4. The first-order chi connectivity index (χ1) is 8.08. The molecule has 0 amide bonds. The lowest BCUT2D eigenvalue weighted by atomic mass is 10.2. The summed E-state index contributed by atoms with van der Waals surface area (Å²) in [4.78, 5) is 8.52. The van der Waals surface area contributed by atoms with Crippen LogP contribution in [0.4, 0.5) is 11.6 Å². The number of anilines is 2. The number of nitrogens with two attached hydrogens (primary N) is 1. The molecule has 0 spiro atoms. The molecule has 90 valence electrons. The molecule has 2 aromatic rings. The number of nitrogen functional groups attached to an aromatic ring is 1. The van der Waals surface area contributed by atoms with E-state index in [4.69, 9.17) is 5.73 Å². The molecule has 1 atom stereocenters. The van der Waals surface area contributed by atoms with Gasteiger partial charge in [0.2, 0.25) is 0 Å². The molecule has 0 aliphatic heterocycles. The highest BCUT2D eigenvalue weighted by Crippen LogP contribution is 2.24. The largest absolute Gasteiger partial charge is 0.383 e. The number of hydrogen-bond acceptors (Lipinski definition) is 5. The summed E-state index contributed by atoms with van der Waals surface area (Å²) in [5.41, 5.74) is 7.98. The van der Waals surface area contributed by atoms with Crippen molar-refractivity contribution >= 4 is 23.0 Å². The number of thiophene rings is 1. The third kappa shape index (κ3) is 2.55. The molecule has 0 saturated heterocycles. The second-order valence-electron chi connectivity index (χ2n) is 4.05. The molecule has 5 heteroatoms. The number of aryl methyl sites for hydroxylation is 1. The van der Waals surface area contributed by atoms with Crippen LogP contribution in [0.3, 0.4) is 0 Å². The summed E-state index contributed by atoms with van der Waals surface area (Å²) in [6.45, 7) is 5.88. The highest BCUT2D eigenvalue weighted by Gasteiger charge is 2.11. The third-order valence-electron chi connectivity index (χ3n) is 2.69. The molecular weight excluding hydrogens is 232 g/mol. The Hall–Kier alpha value is -1.62. The van der Waals surface area contributed by atoms with Crippen LogP contribution in [-0.4, -0.2) is 9.97 Å². The van der Waals surface area contributed by atoms with Crippen LogP contribution in [0.1, 0.15) is 29.9 Å². The van der Waals surface area contributed by atoms with Gasteiger partial charge in [-0.25, -0.2) is 9.97 Å². The van der Waals surface area contributed by atoms with E-state index in [0.29, 0.717) is 11.6 Å². The SMILES string of the molecule is Cc1nc(N)c(C)c(NC(C)c2ccsc2)n1. The van der Waals surface area contributed by atoms with Crippen molar-refractivity contribution in [3.05, 3.63) is 33.8 Å². The van der Waals surface area contributed by atoms with Crippen LogP contribution >= 0.6 is 11.3 Å². The minimum absolute atomic E-state index is 0.216. The van der Waals surface area contributed by atoms with Gasteiger partial charge in [-0.1, -0.05) is 0 Å². The quantitative estimate of drug-likeness (QED) is 0.876. The fourth-order valence-electron chi connectivity index (χ4n) is 1.60. The first-order valence-electron chi connectivity index (χ1n) is 5.47. The lowest BCUT2D eigenvalue weighted by Gasteiger charge is -2.16. The monoisotopic (exact) mass is 248 g/mol. The zero-order chi connectivity index (χ0) is 12.4. The number of nitrogens with one attached hydrogen (secondary N) is 1. The van der Waals surface area contributed by atoms with E-state index >= 15 is 0 Å². The van der Waals surface area contributed by atoms with Gasteiger partial charge in [-0.05, 0) is 43.2 Å². The second kappa shape index (κ2) is 4.71. The van der Waals surface area contributed by atoms with Gasteiger partial charge in [-0.3, -0.25) is 0 Å². The van der Waals surface area contributed by atoms with Gasteiger partial charge >= 0.3 is 0 Å². The maximum Gasteiger partial charge on any atom is 0.135 e. The molecule has 0 radical (unpaired) electrons. The fraction of sp³-hybridized carbons (Fsp3) is 0.333. The maximum atomic E-state index is 5.83. The predicted octanol–water partition coefficient (Wildman–Crippen LogP) is 2.91. The van der Waals surface area contributed by atoms with Gasteiger partial charge in [-0.15, -0.1) is 0 Å². The lowest BCUT2D eigenvalue weighted by Crippen LogP contribution is -2.11. The van der Waals surface area contributed by atoms with Crippen molar-refractivity contribution in [2.24, 2.45) is 0 Å².